The monoisotopic (exact) mass is 1410 g/mol. The van der Waals surface area contributed by atoms with Gasteiger partial charge in [-0.15, -0.1) is 0 Å². The van der Waals surface area contributed by atoms with E-state index < -0.39 is 294 Å². The third-order valence-electron chi connectivity index (χ3n) is 16.8. The number of carbonyl (C=O) groups excluding carboxylic acids is 1. The van der Waals surface area contributed by atoms with Crippen molar-refractivity contribution < 1.29 is 184 Å². The molecule has 16 aliphatic heterocycles. The first kappa shape index (κ1) is 69.8. The molecule has 1 aromatic rings. The van der Waals surface area contributed by atoms with Gasteiger partial charge in [-0.2, -0.15) is 0 Å². The summed E-state index contributed by atoms with van der Waals surface area (Å²) in [5, 5.41) is 224. The van der Waals surface area contributed by atoms with Crippen LogP contribution < -0.4 is 0 Å². The molecule has 1 aromatic carbocycles. The van der Waals surface area contributed by atoms with E-state index in [0.717, 1.165) is 0 Å². The normalized spacial score (nSPS) is 50.5. The zero-order chi connectivity index (χ0) is 64.2. The van der Waals surface area contributed by atoms with Crippen LogP contribution in [-0.4, -0.2) is 373 Å². The molecule has 16 heterocycles. The average molecular weight is 1410 g/mol. The summed E-state index contributed by atoms with van der Waals surface area (Å²) in [4.78, 5) is 12.9. The number of ether oxygens (including phenoxy) is 15. The van der Waals surface area contributed by atoms with Gasteiger partial charge in [-0.3, -0.25) is 0 Å². The molecule has 15 saturated heterocycles. The van der Waals surface area contributed by atoms with E-state index >= 15 is 0 Å². The molecule has 0 unspecified atom stereocenters. The van der Waals surface area contributed by atoms with Gasteiger partial charge < -0.3 is 114 Å². The van der Waals surface area contributed by atoms with Gasteiger partial charge in [-0.05, 0) is 0 Å². The van der Waals surface area contributed by atoms with Crippen LogP contribution in [0.2, 0.25) is 0 Å². The summed E-state index contributed by atoms with van der Waals surface area (Å²) in [7, 11) is 0. The molecular weight excluding hydrogens is 1340 g/mol. The van der Waals surface area contributed by atoms with Crippen molar-refractivity contribution in [1.82, 2.24) is 0 Å². The predicted octanol–water partition coefficient (Wildman–Crippen LogP) is -13.3. The number of halogens is 1. The molecule has 0 saturated carbocycles. The Balaban J connectivity index is 0.964. The molecule has 35 atom stereocenters. The number of aliphatic hydroxyl groups is 20. The summed E-state index contributed by atoms with van der Waals surface area (Å²) in [6, 6.07) is 4.31. The summed E-state index contributed by atoms with van der Waals surface area (Å²) >= 11 is -3.41. The van der Waals surface area contributed by atoms with Crippen LogP contribution >= 0.6 is 20.6 Å². The first-order chi connectivity index (χ1) is 42.5. The second-order valence-electron chi connectivity index (χ2n) is 22.3. The van der Waals surface area contributed by atoms with E-state index in [2.05, 4.69) is 0 Å². The van der Waals surface area contributed by atoms with E-state index in [0.29, 0.717) is 0 Å². The van der Waals surface area contributed by atoms with Crippen molar-refractivity contribution in [3.63, 3.8) is 0 Å². The second-order valence-corrected chi connectivity index (χ2v) is 25.2. The van der Waals surface area contributed by atoms with Crippen LogP contribution in [0.3, 0.4) is 0 Å². The number of aliphatic hydroxyl groups excluding tert-OH is 20. The molecule has 89 heavy (non-hydrogen) atoms. The van der Waals surface area contributed by atoms with Gasteiger partial charge in [0.1, 0.15) is 104 Å². The van der Waals surface area contributed by atoms with Crippen LogP contribution in [0.4, 0.5) is 0 Å². The van der Waals surface area contributed by atoms with E-state index in [1.165, 1.54) is 18.2 Å². The van der Waals surface area contributed by atoms with Crippen LogP contribution in [0.1, 0.15) is 15.9 Å². The van der Waals surface area contributed by atoms with Crippen molar-refractivity contribution in [3.05, 3.63) is 32.9 Å². The number of carbonyl (C=O) groups is 1. The average Bonchev–Trinajstić information content (AvgIpc) is 1.65. The maximum absolute atomic E-state index is 12.9. The van der Waals surface area contributed by atoms with Crippen LogP contribution in [0.5, 0.6) is 0 Å². The SMILES string of the molecule is O=C1OI(O)c2cccc(CO[C@H]3[C@H]4O[C@H]5[C@H](O)[C@@H](O)[C@@H](O[C@H]6[C@H](O)[C@@H](O)[C@@H](O[C@H]7[C@H](O)[C@@H](O)[C@@H](O[C@H]8[C@H](O)[C@@H](O)[C@@H](O[C@H]9[C@H](O)[C@@H](O)[C@@H](O[C@H]%10[C@H](O)[C@@H](O)[C@@H](O[C@@H]([C@@H]3O)[C@@H](CO)O4)O[C@@H]%10CO)O[C@@H]9CO)O[C@@H]8CO)O[C@@H]7CO)O[C@@H]6CO)O[C@@H]5CO)c21. The van der Waals surface area contributed by atoms with Crippen LogP contribution in [0.25, 0.3) is 0 Å². The number of hydrogen-bond acceptors (Lipinski definition) is 38. The minimum atomic E-state index is -3.41. The Kier molecular flexibility index (Phi) is 23.2. The number of fused-ring (bicyclic) bond motifs is 8. The minimum absolute atomic E-state index is 0.0747. The quantitative estimate of drug-likeness (QED) is 0.0967. The van der Waals surface area contributed by atoms with Crippen molar-refractivity contribution in [3.8, 4) is 0 Å². The fourth-order valence-corrected chi connectivity index (χ4v) is 14.3. The molecule has 0 radical (unpaired) electrons. The molecule has 21 N–H and O–H groups in total. The van der Waals surface area contributed by atoms with Crippen molar-refractivity contribution in [1.29, 1.82) is 0 Å². The summed E-state index contributed by atoms with van der Waals surface area (Å²) < 4.78 is 103. The second kappa shape index (κ2) is 29.5. The summed E-state index contributed by atoms with van der Waals surface area (Å²) in [6.45, 7) is -8.17. The Labute approximate surface area is 510 Å². The van der Waals surface area contributed by atoms with E-state index in [1.54, 1.807) is 0 Å². The molecular formula is C50H75IO38. The van der Waals surface area contributed by atoms with Gasteiger partial charge >= 0.3 is 236 Å². The van der Waals surface area contributed by atoms with Crippen LogP contribution in [0, 0.1) is 3.57 Å². The van der Waals surface area contributed by atoms with E-state index in [9.17, 15) is 110 Å². The first-order valence-electron chi connectivity index (χ1n) is 28.2. The third kappa shape index (κ3) is 13.6. The Hall–Kier alpha value is -2.02. The van der Waals surface area contributed by atoms with Gasteiger partial charge in [0.15, 0.2) is 25.2 Å². The number of rotatable bonds is 10. The van der Waals surface area contributed by atoms with Crippen LogP contribution in [0.15, 0.2) is 18.2 Å². The summed E-state index contributed by atoms with van der Waals surface area (Å²) in [6.07, 6.45) is -71.2. The third-order valence-corrected chi connectivity index (χ3v) is 19.5. The molecule has 15 fully saturated rings. The van der Waals surface area contributed by atoms with Crippen molar-refractivity contribution >= 4 is 26.6 Å². The molecule has 0 aliphatic carbocycles. The van der Waals surface area contributed by atoms with Gasteiger partial charge in [0.2, 0.25) is 0 Å². The molecule has 38 nitrogen and oxygen atoms in total. The first-order valence-corrected chi connectivity index (χ1v) is 31.1. The Morgan fingerprint density at radius 1 is 0.337 bits per heavy atom. The van der Waals surface area contributed by atoms with Gasteiger partial charge in [-0.25, -0.2) is 0 Å². The fourth-order valence-electron chi connectivity index (χ4n) is 12.0. The van der Waals surface area contributed by atoms with Gasteiger partial charge in [0.05, 0.1) is 33.0 Å². The molecule has 510 valence electrons. The molecule has 39 heteroatoms. The van der Waals surface area contributed by atoms with Gasteiger partial charge in [0.25, 0.3) is 0 Å². The van der Waals surface area contributed by atoms with E-state index in [1.807, 2.05) is 0 Å². The van der Waals surface area contributed by atoms with Crippen LogP contribution in [-0.2, 0) is 80.7 Å². The number of hydrogen-bond donors (Lipinski definition) is 21. The fraction of sp³-hybridized carbons (Fsp3) is 0.860. The Morgan fingerprint density at radius 3 is 0.854 bits per heavy atom. The van der Waals surface area contributed by atoms with Crippen molar-refractivity contribution in [2.75, 3.05) is 46.2 Å². The molecule has 16 aliphatic rings. The molecule has 0 spiro atoms. The van der Waals surface area contributed by atoms with E-state index in [4.69, 9.17) is 74.1 Å². The predicted molar refractivity (Wildman–Crippen MR) is 278 cm³/mol. The van der Waals surface area contributed by atoms with Crippen molar-refractivity contribution in [2.45, 2.75) is 222 Å². The number of benzene rings is 1. The van der Waals surface area contributed by atoms with E-state index in [-0.39, 0.29) is 14.7 Å². The topological polar surface area (TPSA) is 590 Å². The Morgan fingerprint density at radius 2 is 0.584 bits per heavy atom. The van der Waals surface area contributed by atoms with Crippen molar-refractivity contribution in [2.24, 2.45) is 0 Å². The van der Waals surface area contributed by atoms with Gasteiger partial charge in [-0.1, -0.05) is 0 Å². The molecule has 14 bridgehead atoms. The standard InChI is InChI=1S/C50H75IO38/c52-4-14-35-22(59)28(65)45(75-14)83-37-16(6-54)77-47(30(67)24(37)61)85-39-18(8-56)79-49(32(69)26(39)63)87-41-20(10-58)81-50(42(34(41)71)74-11-12-2-1-3-13-21(12)43(72)89-51(13)73)88-40-19(9-57)80-48(33(70)27(40)64)86-38-17(7-55)78-46(31(68)25(38)62)84-36-15(5-53)76-44(82-35)29(66)23(36)60/h1-3,14-20,22-42,44-50,52-71,73H,4-11H2/t14-,15-,16-,17-,18-,19-,20-,22-,23-,24-,25-,26-,27-,28-,29-,30-,31-,32-,33-,34+,35-,36-,37-,38-,39-,40-,41-,42-,44-,45-,46-,47-,48-,49-,50-/m1/s1. The maximum atomic E-state index is 12.9. The summed E-state index contributed by atoms with van der Waals surface area (Å²) in [5.74, 6) is -0.904. The molecule has 17 rings (SSSR count). The summed E-state index contributed by atoms with van der Waals surface area (Å²) in [5.41, 5.74) is 0.0122. The molecule has 0 amide bonds. The zero-order valence-electron chi connectivity index (χ0n) is 46.3. The zero-order valence-corrected chi connectivity index (χ0v) is 48.5. The molecule has 0 aromatic heterocycles. The Bertz CT molecular complexity index is 2450. The van der Waals surface area contributed by atoms with Gasteiger partial charge in [0, 0.05) is 0 Å².